The maximum absolute atomic E-state index is 11.3. The fraction of sp³-hybridized carbons (Fsp3) is 0.882. The predicted molar refractivity (Wildman–Crippen MR) is 74.6 cm³/mol. The smallest absolute Gasteiger partial charge is 0.0876 e. The minimum Gasteiger partial charge on any atom is -0.392 e. The third kappa shape index (κ3) is 1.22. The molecule has 1 spiro atoms. The number of hydrogen-bond donors (Lipinski definition) is 1. The number of rotatable bonds is 0. The molecular weight excluding hydrogens is 236 g/mol. The standard InChI is InChI=1S/C17H26O2/c1-9-5-6-10(2)17(9)8-12-14-13(19-14)7-11(3)16(12,4)15(17)18/h10-15,18H,1,5-8H2,2-4H3/t10-,11-,12-,13?,14?,15-,16+,17+/m1/s1. The van der Waals surface area contributed by atoms with Crippen LogP contribution in [0.25, 0.3) is 0 Å². The Bertz CT molecular complexity index is 445. The van der Waals surface area contributed by atoms with Gasteiger partial charge in [-0.25, -0.2) is 0 Å². The average molecular weight is 262 g/mol. The first-order valence-electron chi connectivity index (χ1n) is 7.94. The summed E-state index contributed by atoms with van der Waals surface area (Å²) in [7, 11) is 0. The molecule has 0 aromatic carbocycles. The molecule has 3 saturated carbocycles. The molecular formula is C17H26O2. The second-order valence-corrected chi connectivity index (χ2v) is 7.94. The van der Waals surface area contributed by atoms with Gasteiger partial charge in [0, 0.05) is 10.8 Å². The van der Waals surface area contributed by atoms with Gasteiger partial charge in [-0.2, -0.15) is 0 Å². The topological polar surface area (TPSA) is 32.8 Å². The van der Waals surface area contributed by atoms with Crippen molar-refractivity contribution < 1.29 is 9.84 Å². The minimum atomic E-state index is -0.227. The summed E-state index contributed by atoms with van der Waals surface area (Å²) in [5.74, 6) is 1.66. The molecule has 1 saturated heterocycles. The number of fused-ring (bicyclic) bond motifs is 3. The lowest BCUT2D eigenvalue weighted by molar-refractivity contribution is -0.0594. The molecule has 19 heavy (non-hydrogen) atoms. The van der Waals surface area contributed by atoms with E-state index in [0.29, 0.717) is 30.0 Å². The van der Waals surface area contributed by atoms with Gasteiger partial charge in [0.15, 0.2) is 0 Å². The van der Waals surface area contributed by atoms with Crippen LogP contribution in [0.2, 0.25) is 0 Å². The lowest BCUT2D eigenvalue weighted by atomic mass is 9.61. The Labute approximate surface area is 116 Å². The van der Waals surface area contributed by atoms with E-state index >= 15 is 0 Å². The van der Waals surface area contributed by atoms with Crippen LogP contribution in [-0.4, -0.2) is 23.4 Å². The van der Waals surface area contributed by atoms with Crippen LogP contribution in [0, 0.1) is 28.6 Å². The van der Waals surface area contributed by atoms with Crippen LogP contribution in [0.5, 0.6) is 0 Å². The third-order valence-corrected chi connectivity index (χ3v) is 7.52. The van der Waals surface area contributed by atoms with E-state index < -0.39 is 0 Å². The quantitative estimate of drug-likeness (QED) is 0.537. The van der Waals surface area contributed by atoms with Crippen LogP contribution in [0.15, 0.2) is 12.2 Å². The Balaban J connectivity index is 1.81. The maximum Gasteiger partial charge on any atom is 0.0876 e. The summed E-state index contributed by atoms with van der Waals surface area (Å²) in [4.78, 5) is 0. The predicted octanol–water partition coefficient (Wildman–Crippen LogP) is 3.15. The van der Waals surface area contributed by atoms with Crippen LogP contribution in [0.4, 0.5) is 0 Å². The molecule has 4 rings (SSSR count). The molecule has 2 unspecified atom stereocenters. The molecule has 0 radical (unpaired) electrons. The molecule has 0 amide bonds. The minimum absolute atomic E-state index is 0.0193. The summed E-state index contributed by atoms with van der Waals surface area (Å²) >= 11 is 0. The van der Waals surface area contributed by atoms with Crippen LogP contribution in [0.1, 0.15) is 46.5 Å². The molecule has 1 N–H and O–H groups in total. The summed E-state index contributed by atoms with van der Waals surface area (Å²) < 4.78 is 5.91. The van der Waals surface area contributed by atoms with Gasteiger partial charge in [-0.15, -0.1) is 0 Å². The van der Waals surface area contributed by atoms with E-state index in [1.807, 2.05) is 0 Å². The van der Waals surface area contributed by atoms with Crippen molar-refractivity contribution in [2.45, 2.75) is 64.8 Å². The number of ether oxygens (including phenoxy) is 1. The zero-order valence-corrected chi connectivity index (χ0v) is 12.4. The summed E-state index contributed by atoms with van der Waals surface area (Å²) in [5.41, 5.74) is 1.32. The number of epoxide rings is 1. The van der Waals surface area contributed by atoms with Crippen molar-refractivity contribution in [3.05, 3.63) is 12.2 Å². The molecule has 0 aromatic heterocycles. The molecule has 3 aliphatic carbocycles. The highest BCUT2D eigenvalue weighted by atomic mass is 16.6. The lowest BCUT2D eigenvalue weighted by Crippen LogP contribution is -2.48. The van der Waals surface area contributed by atoms with Crippen molar-refractivity contribution in [2.75, 3.05) is 0 Å². The zero-order chi connectivity index (χ0) is 13.6. The molecule has 2 nitrogen and oxygen atoms in total. The Morgan fingerprint density at radius 2 is 2.05 bits per heavy atom. The maximum atomic E-state index is 11.3. The molecule has 4 fully saturated rings. The fourth-order valence-corrected chi connectivity index (χ4v) is 5.90. The Kier molecular flexibility index (Phi) is 2.26. The fourth-order valence-electron chi connectivity index (χ4n) is 5.90. The monoisotopic (exact) mass is 262 g/mol. The lowest BCUT2D eigenvalue weighted by Gasteiger charge is -2.45. The molecule has 106 valence electrons. The highest BCUT2D eigenvalue weighted by molar-refractivity contribution is 5.30. The molecule has 0 bridgehead atoms. The molecule has 0 aromatic rings. The highest BCUT2D eigenvalue weighted by Gasteiger charge is 2.71. The van der Waals surface area contributed by atoms with Gasteiger partial charge in [0.2, 0.25) is 0 Å². The summed E-state index contributed by atoms with van der Waals surface area (Å²) in [5, 5.41) is 11.3. The van der Waals surface area contributed by atoms with E-state index in [1.165, 1.54) is 12.0 Å². The molecule has 1 aliphatic heterocycles. The van der Waals surface area contributed by atoms with Crippen molar-refractivity contribution in [3.63, 3.8) is 0 Å². The second-order valence-electron chi connectivity index (χ2n) is 7.94. The molecule has 1 heterocycles. The van der Waals surface area contributed by atoms with Gasteiger partial charge in [-0.05, 0) is 43.4 Å². The highest BCUT2D eigenvalue weighted by Crippen LogP contribution is 2.70. The van der Waals surface area contributed by atoms with E-state index in [0.717, 1.165) is 19.3 Å². The van der Waals surface area contributed by atoms with Crippen molar-refractivity contribution in [1.29, 1.82) is 0 Å². The zero-order valence-electron chi connectivity index (χ0n) is 12.4. The van der Waals surface area contributed by atoms with E-state index in [4.69, 9.17) is 4.74 Å². The summed E-state index contributed by atoms with van der Waals surface area (Å²) in [6.45, 7) is 11.3. The summed E-state index contributed by atoms with van der Waals surface area (Å²) in [6.07, 6.45) is 5.22. The average Bonchev–Trinajstić information content (AvgIpc) is 3.01. The number of aliphatic hydroxyl groups excluding tert-OH is 1. The van der Waals surface area contributed by atoms with Crippen molar-refractivity contribution in [3.8, 4) is 0 Å². The second kappa shape index (κ2) is 3.46. The summed E-state index contributed by atoms with van der Waals surface area (Å²) in [6, 6.07) is 0. The first kappa shape index (κ1) is 12.4. The normalized spacial score (nSPS) is 63.3. The van der Waals surface area contributed by atoms with Gasteiger partial charge in [0.25, 0.3) is 0 Å². The first-order valence-corrected chi connectivity index (χ1v) is 7.94. The molecule has 8 atom stereocenters. The van der Waals surface area contributed by atoms with Crippen molar-refractivity contribution in [2.24, 2.45) is 28.6 Å². The van der Waals surface area contributed by atoms with Gasteiger partial charge in [-0.1, -0.05) is 32.9 Å². The van der Waals surface area contributed by atoms with Crippen molar-refractivity contribution >= 4 is 0 Å². The van der Waals surface area contributed by atoms with Gasteiger partial charge in [0.1, 0.15) is 0 Å². The molecule has 4 aliphatic rings. The van der Waals surface area contributed by atoms with Gasteiger partial charge in [-0.3, -0.25) is 0 Å². The SMILES string of the molecule is C=C1CC[C@@H](C)[C@]12C[C@@H]1C3OC3C[C@@H](C)[C@]1(C)[C@H]2O. The third-order valence-electron chi connectivity index (χ3n) is 7.52. The number of aliphatic hydroxyl groups is 1. The largest absolute Gasteiger partial charge is 0.392 e. The first-order chi connectivity index (χ1) is 8.92. The van der Waals surface area contributed by atoms with Crippen LogP contribution in [0.3, 0.4) is 0 Å². The van der Waals surface area contributed by atoms with E-state index in [9.17, 15) is 5.11 Å². The van der Waals surface area contributed by atoms with Crippen LogP contribution in [-0.2, 0) is 4.74 Å². The van der Waals surface area contributed by atoms with Gasteiger partial charge >= 0.3 is 0 Å². The van der Waals surface area contributed by atoms with Crippen molar-refractivity contribution in [1.82, 2.24) is 0 Å². The number of hydrogen-bond acceptors (Lipinski definition) is 2. The van der Waals surface area contributed by atoms with Crippen LogP contribution < -0.4 is 0 Å². The van der Waals surface area contributed by atoms with E-state index in [2.05, 4.69) is 27.4 Å². The Morgan fingerprint density at radius 1 is 1.32 bits per heavy atom. The Hall–Kier alpha value is -0.340. The molecule has 2 heteroatoms. The van der Waals surface area contributed by atoms with E-state index in [-0.39, 0.29) is 16.9 Å². The van der Waals surface area contributed by atoms with E-state index in [1.54, 1.807) is 0 Å². The Morgan fingerprint density at radius 3 is 2.68 bits per heavy atom. The van der Waals surface area contributed by atoms with Gasteiger partial charge in [0.05, 0.1) is 18.3 Å². The van der Waals surface area contributed by atoms with Gasteiger partial charge < -0.3 is 9.84 Å². The van der Waals surface area contributed by atoms with Crippen LogP contribution >= 0.6 is 0 Å².